The summed E-state index contributed by atoms with van der Waals surface area (Å²) in [6.45, 7) is 2.17. The smallest absolute Gasteiger partial charge is 0.242 e. The fourth-order valence-corrected chi connectivity index (χ4v) is 6.71. The fraction of sp³-hybridized carbons (Fsp3) is 0.233. The Morgan fingerprint density at radius 2 is 1.93 bits per heavy atom. The van der Waals surface area contributed by atoms with Gasteiger partial charge in [-0.3, -0.25) is 14.9 Å². The average molecular weight is 596 g/mol. The first kappa shape index (κ1) is 24.9. The molecule has 0 radical (unpaired) electrons. The van der Waals surface area contributed by atoms with E-state index in [1.54, 1.807) is 12.1 Å². The zero-order chi connectivity index (χ0) is 27.6. The van der Waals surface area contributed by atoms with E-state index in [9.17, 15) is 9.59 Å². The Kier molecular flexibility index (Phi) is 5.55. The summed E-state index contributed by atoms with van der Waals surface area (Å²) < 4.78 is 2.56. The van der Waals surface area contributed by atoms with Crippen LogP contribution in [0.4, 0.5) is 11.6 Å². The van der Waals surface area contributed by atoms with Crippen molar-refractivity contribution in [3.8, 4) is 11.1 Å². The van der Waals surface area contributed by atoms with E-state index >= 15 is 0 Å². The normalized spacial score (nSPS) is 23.3. The number of aromatic nitrogens is 4. The number of ketones is 1. The third kappa shape index (κ3) is 3.82. The number of halogens is 1. The average Bonchev–Trinajstić information content (AvgIpc) is 3.24. The minimum Gasteiger partial charge on any atom is -0.383 e. The second kappa shape index (κ2) is 8.94. The minimum atomic E-state index is -0.773. The molecule has 3 unspecified atom stereocenters. The van der Waals surface area contributed by atoms with Gasteiger partial charge in [0.05, 0.1) is 29.0 Å². The van der Waals surface area contributed by atoms with Crippen LogP contribution in [0.1, 0.15) is 19.8 Å². The van der Waals surface area contributed by atoms with E-state index in [4.69, 9.17) is 5.73 Å². The highest BCUT2D eigenvalue weighted by molar-refractivity contribution is 9.10. The van der Waals surface area contributed by atoms with Gasteiger partial charge in [0, 0.05) is 5.39 Å². The van der Waals surface area contributed by atoms with Crippen LogP contribution in [-0.2, 0) is 16.1 Å². The Labute approximate surface area is 238 Å². The molecule has 1 saturated carbocycles. The number of nitrogens with two attached hydrogens (primary N) is 1. The van der Waals surface area contributed by atoms with Gasteiger partial charge in [0.15, 0.2) is 5.78 Å². The molecule has 3 atom stereocenters. The number of piperidine rings is 1. The number of benzene rings is 2. The Morgan fingerprint density at radius 1 is 1.10 bits per heavy atom. The lowest BCUT2D eigenvalue weighted by molar-refractivity contribution is -0.123. The van der Waals surface area contributed by atoms with Crippen molar-refractivity contribution in [3.05, 3.63) is 77.7 Å². The lowest BCUT2D eigenvalue weighted by Crippen LogP contribution is -2.47. The van der Waals surface area contributed by atoms with E-state index in [1.165, 1.54) is 6.33 Å². The van der Waals surface area contributed by atoms with Gasteiger partial charge in [-0.15, -0.1) is 0 Å². The lowest BCUT2D eigenvalue weighted by atomic mass is 9.97. The van der Waals surface area contributed by atoms with Gasteiger partial charge >= 0.3 is 0 Å². The van der Waals surface area contributed by atoms with Crippen LogP contribution in [0.5, 0.6) is 0 Å². The quantitative estimate of drug-likeness (QED) is 0.242. The maximum Gasteiger partial charge on any atom is 0.242 e. The van der Waals surface area contributed by atoms with Crippen molar-refractivity contribution in [2.75, 3.05) is 11.1 Å². The van der Waals surface area contributed by atoms with Crippen molar-refractivity contribution >= 4 is 61.2 Å². The first-order valence-corrected chi connectivity index (χ1v) is 13.9. The van der Waals surface area contributed by atoms with Crippen molar-refractivity contribution in [2.45, 2.75) is 37.9 Å². The van der Waals surface area contributed by atoms with Crippen molar-refractivity contribution in [3.63, 3.8) is 0 Å². The third-order valence-corrected chi connectivity index (χ3v) is 8.91. The van der Waals surface area contributed by atoms with Crippen molar-refractivity contribution in [1.82, 2.24) is 24.8 Å². The number of nitrogens with zero attached hydrogens (tertiary/aromatic N) is 4. The summed E-state index contributed by atoms with van der Waals surface area (Å²) in [5.41, 5.74) is 8.88. The summed E-state index contributed by atoms with van der Waals surface area (Å²) in [5, 5.41) is 7.90. The number of hydrogen-bond acceptors (Lipinski definition) is 7. The Morgan fingerprint density at radius 3 is 2.73 bits per heavy atom. The summed E-state index contributed by atoms with van der Waals surface area (Å²) in [5.74, 6) is 0.661. The summed E-state index contributed by atoms with van der Waals surface area (Å²) >= 11 is 3.33. The van der Waals surface area contributed by atoms with E-state index in [-0.39, 0.29) is 23.7 Å². The Balaban J connectivity index is 1.20. The third-order valence-electron chi connectivity index (χ3n) is 8.47. The molecule has 1 aliphatic carbocycles. The number of Topliss-reactive ketones (excluding diaryl/α,β-unsaturated/α-hetero) is 1. The van der Waals surface area contributed by atoms with Crippen LogP contribution in [0.3, 0.4) is 0 Å². The lowest BCUT2D eigenvalue weighted by Gasteiger charge is -2.19. The van der Waals surface area contributed by atoms with Crippen LogP contribution < -0.4 is 16.4 Å². The van der Waals surface area contributed by atoms with E-state index in [0.717, 1.165) is 27.4 Å². The maximum absolute atomic E-state index is 14.0. The molecule has 200 valence electrons. The Hall–Kier alpha value is -4.15. The zero-order valence-electron chi connectivity index (χ0n) is 21.7. The van der Waals surface area contributed by atoms with Gasteiger partial charge < -0.3 is 15.6 Å². The molecule has 0 bridgehead atoms. The predicted octanol–water partition coefficient (Wildman–Crippen LogP) is 4.71. The molecule has 4 N–H and O–H groups in total. The molecule has 2 aromatic carbocycles. The highest BCUT2D eigenvalue weighted by Gasteiger charge is 2.73. The molecule has 4 heterocycles. The second-order valence-corrected chi connectivity index (χ2v) is 11.8. The molecule has 2 fully saturated rings. The van der Waals surface area contributed by atoms with Gasteiger partial charge in [0.1, 0.15) is 28.2 Å². The summed E-state index contributed by atoms with van der Waals surface area (Å²) in [6.07, 6.45) is 2.69. The molecule has 7 rings (SSSR count). The number of pyridine rings is 1. The van der Waals surface area contributed by atoms with Gasteiger partial charge in [-0.1, -0.05) is 49.4 Å². The molecule has 10 heteroatoms. The van der Waals surface area contributed by atoms with Crippen LogP contribution in [-0.4, -0.2) is 42.8 Å². The second-order valence-electron chi connectivity index (χ2n) is 10.9. The zero-order valence-corrected chi connectivity index (χ0v) is 23.3. The predicted molar refractivity (Wildman–Crippen MR) is 157 cm³/mol. The molecule has 5 aromatic rings. The number of anilines is 2. The highest BCUT2D eigenvalue weighted by atomic mass is 79.9. The minimum absolute atomic E-state index is 0.0222. The SMILES string of the molecule is CC12CC(C(=O)Nc3cccc(Br)n3)NC1(C(=O)Cn1c3ccc(-c4ccccc4)cc3c3c(N)ncnc31)C2. The first-order valence-electron chi connectivity index (χ1n) is 13.1. The molecular weight excluding hydrogens is 570 g/mol. The van der Waals surface area contributed by atoms with Crippen LogP contribution in [0.25, 0.3) is 33.1 Å². The summed E-state index contributed by atoms with van der Waals surface area (Å²) in [7, 11) is 0. The number of amides is 1. The number of fused-ring (bicyclic) bond motifs is 4. The van der Waals surface area contributed by atoms with Crippen molar-refractivity contribution in [2.24, 2.45) is 5.41 Å². The monoisotopic (exact) mass is 595 g/mol. The van der Waals surface area contributed by atoms with Gasteiger partial charge in [-0.25, -0.2) is 15.0 Å². The van der Waals surface area contributed by atoms with Crippen LogP contribution in [0, 0.1) is 5.41 Å². The largest absolute Gasteiger partial charge is 0.383 e. The molecular formula is C30H26BrN7O2. The molecule has 0 spiro atoms. The van der Waals surface area contributed by atoms with Crippen LogP contribution >= 0.6 is 15.9 Å². The van der Waals surface area contributed by atoms with E-state index in [1.807, 2.05) is 41.0 Å². The number of carbonyl (C=O) groups is 2. The van der Waals surface area contributed by atoms with E-state index in [0.29, 0.717) is 34.7 Å². The molecule has 1 amide bonds. The molecule has 1 aliphatic heterocycles. The van der Waals surface area contributed by atoms with Crippen molar-refractivity contribution in [1.29, 1.82) is 0 Å². The number of nitrogen functional groups attached to an aromatic ring is 1. The van der Waals surface area contributed by atoms with Gasteiger partial charge in [-0.2, -0.15) is 0 Å². The molecule has 40 heavy (non-hydrogen) atoms. The standard InChI is InChI=1S/C30H26BrN7O2/c1-29-13-20(28(40)36-24-9-5-8-23(31)35-24)37-30(29,15-29)22(39)14-38-21-11-10-18(17-6-3-2-4-7-17)12-19(21)25-26(32)33-16-34-27(25)38/h2-12,16,20,37H,13-15H2,1H3,(H2,32,33,34)(H,35,36,40). The summed E-state index contributed by atoms with van der Waals surface area (Å²) in [4.78, 5) is 40.1. The van der Waals surface area contributed by atoms with Crippen molar-refractivity contribution < 1.29 is 9.59 Å². The molecule has 3 aromatic heterocycles. The van der Waals surface area contributed by atoms with Gasteiger partial charge in [-0.05, 0) is 69.6 Å². The fourth-order valence-electron chi connectivity index (χ4n) is 6.36. The molecule has 1 saturated heterocycles. The maximum atomic E-state index is 14.0. The topological polar surface area (TPSA) is 128 Å². The van der Waals surface area contributed by atoms with E-state index in [2.05, 4.69) is 66.6 Å². The van der Waals surface area contributed by atoms with Gasteiger partial charge in [0.2, 0.25) is 5.91 Å². The first-order chi connectivity index (χ1) is 19.3. The summed E-state index contributed by atoms with van der Waals surface area (Å²) in [6, 6.07) is 21.1. The van der Waals surface area contributed by atoms with Gasteiger partial charge in [0.25, 0.3) is 0 Å². The number of hydrogen-bond donors (Lipinski definition) is 3. The Bertz CT molecular complexity index is 1840. The number of rotatable bonds is 6. The highest BCUT2D eigenvalue weighted by Crippen LogP contribution is 2.64. The molecule has 2 aliphatic rings. The van der Waals surface area contributed by atoms with E-state index < -0.39 is 11.6 Å². The number of nitrogens with one attached hydrogen (secondary N) is 2. The van der Waals surface area contributed by atoms with Crippen LogP contribution in [0.2, 0.25) is 0 Å². The van der Waals surface area contributed by atoms with Crippen LogP contribution in [0.15, 0.2) is 77.7 Å². The number of carbonyl (C=O) groups excluding carboxylic acids is 2. The molecule has 9 nitrogen and oxygen atoms in total.